The number of ketones is 1. The molecule has 0 N–H and O–H groups in total. The van der Waals surface area contributed by atoms with Crippen molar-refractivity contribution in [2.75, 3.05) is 13.2 Å². The van der Waals surface area contributed by atoms with Crippen LogP contribution in [0.5, 0.6) is 0 Å². The van der Waals surface area contributed by atoms with Gasteiger partial charge in [0.1, 0.15) is 5.78 Å². The molecule has 0 aromatic heterocycles. The first-order valence-electron chi connectivity index (χ1n) is 9.93. The first-order chi connectivity index (χ1) is 11.5. The Balaban J connectivity index is 1.60. The second-order valence-electron chi connectivity index (χ2n) is 9.39. The zero-order valence-corrected chi connectivity index (χ0v) is 15.1. The van der Waals surface area contributed by atoms with Crippen LogP contribution in [0.15, 0.2) is 0 Å². The Morgan fingerprint density at radius 2 is 1.88 bits per heavy atom. The van der Waals surface area contributed by atoms with E-state index in [9.17, 15) is 4.79 Å². The summed E-state index contributed by atoms with van der Waals surface area (Å²) in [5.74, 6) is 2.22. The Kier molecular flexibility index (Phi) is 3.32. The van der Waals surface area contributed by atoms with Gasteiger partial charge in [-0.25, -0.2) is 0 Å². The molecule has 0 unspecified atom stereocenters. The van der Waals surface area contributed by atoms with Crippen LogP contribution in [0, 0.1) is 35.0 Å². The molecule has 24 heavy (non-hydrogen) atoms. The highest BCUT2D eigenvalue weighted by Gasteiger charge is 2.69. The van der Waals surface area contributed by atoms with Gasteiger partial charge >= 0.3 is 0 Å². The van der Waals surface area contributed by atoms with Crippen molar-refractivity contribution in [1.82, 2.24) is 0 Å². The fraction of sp³-hybridized carbons (Fsp3) is 0.950. The maximum absolute atomic E-state index is 13.2. The van der Waals surface area contributed by atoms with Gasteiger partial charge in [0, 0.05) is 30.1 Å². The van der Waals surface area contributed by atoms with Gasteiger partial charge in [-0.1, -0.05) is 20.8 Å². The van der Waals surface area contributed by atoms with Gasteiger partial charge in [-0.3, -0.25) is 4.79 Å². The van der Waals surface area contributed by atoms with Crippen molar-refractivity contribution >= 4 is 5.78 Å². The van der Waals surface area contributed by atoms with E-state index >= 15 is 0 Å². The van der Waals surface area contributed by atoms with Crippen molar-refractivity contribution in [2.45, 2.75) is 70.9 Å². The van der Waals surface area contributed by atoms with Gasteiger partial charge in [0.05, 0.1) is 25.4 Å². The lowest BCUT2D eigenvalue weighted by molar-refractivity contribution is -0.231. The summed E-state index contributed by atoms with van der Waals surface area (Å²) in [4.78, 5) is 13.2. The second-order valence-corrected chi connectivity index (χ2v) is 9.39. The molecule has 2 saturated heterocycles. The number of hydrogen-bond acceptors (Lipinski definition) is 4. The fourth-order valence-corrected chi connectivity index (χ4v) is 6.86. The molecule has 0 radical (unpaired) electrons. The summed E-state index contributed by atoms with van der Waals surface area (Å²) in [7, 11) is 0. The molecule has 4 heteroatoms. The van der Waals surface area contributed by atoms with E-state index in [0.29, 0.717) is 61.3 Å². The maximum atomic E-state index is 13.2. The van der Waals surface area contributed by atoms with Crippen LogP contribution in [0.4, 0.5) is 0 Å². The number of carbonyl (C=O) groups is 1. The zero-order chi connectivity index (χ0) is 16.7. The molecule has 4 nitrogen and oxygen atoms in total. The summed E-state index contributed by atoms with van der Waals surface area (Å²) >= 11 is 0. The van der Waals surface area contributed by atoms with Crippen LogP contribution >= 0.6 is 0 Å². The number of rotatable bonds is 1. The van der Waals surface area contributed by atoms with Crippen LogP contribution in [0.2, 0.25) is 0 Å². The molecule has 5 aliphatic rings. The van der Waals surface area contributed by atoms with E-state index in [1.54, 1.807) is 0 Å². The predicted molar refractivity (Wildman–Crippen MR) is 88.3 cm³/mol. The Labute approximate surface area is 144 Å². The summed E-state index contributed by atoms with van der Waals surface area (Å²) in [6.45, 7) is 8.23. The molecule has 0 aromatic rings. The van der Waals surface area contributed by atoms with Crippen molar-refractivity contribution in [1.29, 1.82) is 0 Å². The third-order valence-electron chi connectivity index (χ3n) is 8.09. The van der Waals surface area contributed by atoms with Gasteiger partial charge < -0.3 is 14.2 Å². The minimum Gasteiger partial charge on any atom is -0.369 e. The van der Waals surface area contributed by atoms with Gasteiger partial charge in [0.2, 0.25) is 0 Å². The van der Waals surface area contributed by atoms with Crippen molar-refractivity contribution in [3.63, 3.8) is 0 Å². The molecule has 7 atom stereocenters. The number of fused-ring (bicyclic) bond motifs is 6. The molecule has 3 saturated carbocycles. The second kappa shape index (κ2) is 5.05. The van der Waals surface area contributed by atoms with E-state index in [4.69, 9.17) is 14.2 Å². The van der Waals surface area contributed by atoms with E-state index in [-0.39, 0.29) is 11.3 Å². The Morgan fingerprint density at radius 1 is 1.12 bits per heavy atom. The summed E-state index contributed by atoms with van der Waals surface area (Å²) in [5.41, 5.74) is -0.156. The normalized spacial score (nSPS) is 52.1. The van der Waals surface area contributed by atoms with Gasteiger partial charge in [-0.15, -0.1) is 0 Å². The third kappa shape index (κ3) is 1.94. The fourth-order valence-electron chi connectivity index (χ4n) is 6.86. The molecule has 2 aliphatic heterocycles. The topological polar surface area (TPSA) is 48.1 Å². The largest absolute Gasteiger partial charge is 0.369 e. The number of hydrogen-bond donors (Lipinski definition) is 0. The highest BCUT2D eigenvalue weighted by molar-refractivity contribution is 5.86. The molecule has 2 heterocycles. The van der Waals surface area contributed by atoms with E-state index < -0.39 is 5.79 Å². The van der Waals surface area contributed by atoms with Crippen LogP contribution in [-0.4, -0.2) is 37.0 Å². The van der Waals surface area contributed by atoms with Crippen LogP contribution in [0.25, 0.3) is 0 Å². The molecule has 134 valence electrons. The molecule has 1 spiro atoms. The number of epoxide rings is 1. The Hall–Kier alpha value is -0.450. The standard InChI is InChI=1S/C20H30O4/c1-11(2)12-4-6-19(3)15(21)10-13-16(17(12)19)18-14(24-18)5-7-20(13)22-8-9-23-20/h11-14,16-18H,4-10H2,1-3H3/t12-,13+,14-,16+,17+,18-,19-/m1/s1. The highest BCUT2D eigenvalue weighted by atomic mass is 16.7. The van der Waals surface area contributed by atoms with Gasteiger partial charge in [0.25, 0.3) is 0 Å². The number of ether oxygens (including phenoxy) is 3. The quantitative estimate of drug-likeness (QED) is 0.691. The van der Waals surface area contributed by atoms with E-state index in [0.717, 1.165) is 19.3 Å². The molecule has 0 amide bonds. The molecule has 5 rings (SSSR count). The van der Waals surface area contributed by atoms with Gasteiger partial charge in [-0.2, -0.15) is 0 Å². The smallest absolute Gasteiger partial charge is 0.172 e. The summed E-state index contributed by atoms with van der Waals surface area (Å²) in [6, 6.07) is 0. The van der Waals surface area contributed by atoms with Gasteiger partial charge in [0.15, 0.2) is 5.79 Å². The maximum Gasteiger partial charge on any atom is 0.172 e. The average Bonchev–Trinajstić information content (AvgIpc) is 3.00. The Bertz CT molecular complexity index is 552. The molecular formula is C20H30O4. The minimum atomic E-state index is -0.511. The molecule has 5 fully saturated rings. The van der Waals surface area contributed by atoms with Crippen molar-refractivity contribution < 1.29 is 19.0 Å². The number of carbonyl (C=O) groups excluding carboxylic acids is 1. The Morgan fingerprint density at radius 3 is 2.58 bits per heavy atom. The van der Waals surface area contributed by atoms with Crippen LogP contribution < -0.4 is 0 Å². The van der Waals surface area contributed by atoms with E-state index in [1.165, 1.54) is 6.42 Å². The SMILES string of the molecule is CC(C)[C@H]1CC[C@]2(C)C(=O)C[C@H]3[C@H]([C@@H]4O[C@@H]4CCC34OCCO4)[C@H]12. The first kappa shape index (κ1) is 15.8. The third-order valence-corrected chi connectivity index (χ3v) is 8.09. The average molecular weight is 334 g/mol. The minimum absolute atomic E-state index is 0.156. The van der Waals surface area contributed by atoms with Gasteiger partial charge in [-0.05, 0) is 37.0 Å². The van der Waals surface area contributed by atoms with Crippen LogP contribution in [0.1, 0.15) is 52.9 Å². The van der Waals surface area contributed by atoms with Crippen molar-refractivity contribution in [2.24, 2.45) is 35.0 Å². The van der Waals surface area contributed by atoms with Crippen molar-refractivity contribution in [3.05, 3.63) is 0 Å². The predicted octanol–water partition coefficient (Wildman–Crippen LogP) is 3.18. The molecule has 0 aromatic carbocycles. The summed E-state index contributed by atoms with van der Waals surface area (Å²) in [5, 5.41) is 0. The molecule has 0 bridgehead atoms. The zero-order valence-electron chi connectivity index (χ0n) is 15.1. The summed E-state index contributed by atoms with van der Waals surface area (Å²) in [6.07, 6.45) is 5.46. The lowest BCUT2D eigenvalue weighted by Crippen LogP contribution is -2.56. The number of Topliss-reactive ketones (excluding diaryl/α,β-unsaturated/α-hetero) is 1. The first-order valence-corrected chi connectivity index (χ1v) is 9.93. The van der Waals surface area contributed by atoms with Crippen LogP contribution in [0.3, 0.4) is 0 Å². The lowest BCUT2D eigenvalue weighted by Gasteiger charge is -2.51. The van der Waals surface area contributed by atoms with E-state index in [1.807, 2.05) is 0 Å². The highest BCUT2D eigenvalue weighted by Crippen LogP contribution is 2.65. The summed E-state index contributed by atoms with van der Waals surface area (Å²) < 4.78 is 18.5. The lowest BCUT2D eigenvalue weighted by atomic mass is 9.54. The monoisotopic (exact) mass is 334 g/mol. The van der Waals surface area contributed by atoms with Crippen molar-refractivity contribution in [3.8, 4) is 0 Å². The van der Waals surface area contributed by atoms with E-state index in [2.05, 4.69) is 20.8 Å². The molecule has 3 aliphatic carbocycles. The van der Waals surface area contributed by atoms with Crippen LogP contribution in [-0.2, 0) is 19.0 Å². The molecular weight excluding hydrogens is 304 g/mol.